The number of imidazole rings is 2. The van der Waals surface area contributed by atoms with E-state index in [4.69, 9.17) is 21.3 Å². The van der Waals surface area contributed by atoms with Crippen molar-refractivity contribution >= 4 is 11.6 Å². The molecule has 0 unspecified atom stereocenters. The Hall–Kier alpha value is -3.26. The van der Waals surface area contributed by atoms with Gasteiger partial charge < -0.3 is 13.9 Å². The number of fused-ring (bicyclic) bond motifs is 1. The van der Waals surface area contributed by atoms with E-state index in [1.54, 1.807) is 25.6 Å². The Kier molecular flexibility index (Phi) is 5.64. The fraction of sp³-hybridized carbons (Fsp3) is 0.320. The predicted molar refractivity (Wildman–Crippen MR) is 126 cm³/mol. The second kappa shape index (κ2) is 8.51. The van der Waals surface area contributed by atoms with Crippen LogP contribution < -0.4 is 4.74 Å². The van der Waals surface area contributed by atoms with Gasteiger partial charge >= 0.3 is 0 Å². The summed E-state index contributed by atoms with van der Waals surface area (Å²) in [6, 6.07) is 8.52. The number of aryl methyl sites for hydroxylation is 2. The summed E-state index contributed by atoms with van der Waals surface area (Å²) in [6.45, 7) is 3.59. The number of methoxy groups -OCH3 is 1. The molecule has 34 heavy (non-hydrogen) atoms. The van der Waals surface area contributed by atoms with Crippen molar-refractivity contribution in [1.82, 2.24) is 24.1 Å². The largest absolute Gasteiger partial charge is 0.479 e. The first-order chi connectivity index (χ1) is 16.2. The molecule has 0 spiro atoms. The van der Waals surface area contributed by atoms with Gasteiger partial charge in [0.15, 0.2) is 0 Å². The topological polar surface area (TPSA) is 57.8 Å². The monoisotopic (exact) mass is 483 g/mol. The van der Waals surface area contributed by atoms with Crippen molar-refractivity contribution < 1.29 is 13.5 Å². The lowest BCUT2D eigenvalue weighted by Crippen LogP contribution is -2.20. The van der Waals surface area contributed by atoms with Crippen molar-refractivity contribution in [3.05, 3.63) is 76.7 Å². The van der Waals surface area contributed by atoms with E-state index >= 15 is 0 Å². The number of benzene rings is 1. The molecular weight excluding hydrogens is 460 g/mol. The standard InChI is InChI=1S/C25H24ClF2N5O/c1-15-12-33(14-29-15)22-9-8-20(31-24(22)34-3)21-13-32-10-4-5-18(23(32)30-21)17-7-6-16(26)11-19(17)25(2,27)28/h6-9,11-14,18H,4-5,10H2,1-3H3/t18-/m1/s1. The Morgan fingerprint density at radius 1 is 1.12 bits per heavy atom. The number of alkyl halides is 2. The molecule has 0 saturated carbocycles. The highest BCUT2D eigenvalue weighted by molar-refractivity contribution is 6.30. The normalized spacial score (nSPS) is 15.9. The molecule has 0 aliphatic carbocycles. The van der Waals surface area contributed by atoms with Crippen LogP contribution in [-0.2, 0) is 12.5 Å². The van der Waals surface area contributed by atoms with Crippen LogP contribution >= 0.6 is 11.6 Å². The summed E-state index contributed by atoms with van der Waals surface area (Å²) in [7, 11) is 1.57. The SMILES string of the molecule is COc1nc(-c2cn3c(n2)[C@@H](c2ccc(Cl)cc2C(C)(F)F)CCC3)ccc1-n1cnc(C)c1. The van der Waals surface area contributed by atoms with Crippen LogP contribution in [0.1, 0.15) is 48.3 Å². The van der Waals surface area contributed by atoms with Gasteiger partial charge in [0, 0.05) is 42.4 Å². The minimum Gasteiger partial charge on any atom is -0.479 e. The molecule has 6 nitrogen and oxygen atoms in total. The number of rotatable bonds is 5. The molecule has 1 aliphatic rings. The number of pyridine rings is 1. The Labute approximate surface area is 201 Å². The minimum atomic E-state index is -3.01. The Balaban J connectivity index is 1.55. The molecule has 3 aromatic heterocycles. The molecule has 0 amide bonds. The summed E-state index contributed by atoms with van der Waals surface area (Å²) in [5.41, 5.74) is 3.49. The minimum absolute atomic E-state index is 0.0530. The zero-order chi connectivity index (χ0) is 24.0. The highest BCUT2D eigenvalue weighted by Gasteiger charge is 2.34. The van der Waals surface area contributed by atoms with Gasteiger partial charge in [-0.2, -0.15) is 0 Å². The van der Waals surface area contributed by atoms with Crippen LogP contribution in [0, 0.1) is 6.92 Å². The van der Waals surface area contributed by atoms with E-state index < -0.39 is 5.92 Å². The quantitative estimate of drug-likeness (QED) is 0.342. The number of ether oxygens (including phenoxy) is 1. The molecule has 0 fully saturated rings. The van der Waals surface area contributed by atoms with Gasteiger partial charge in [-0.15, -0.1) is 0 Å². The summed E-state index contributed by atoms with van der Waals surface area (Å²) in [5.74, 6) is -2.06. The number of hydrogen-bond donors (Lipinski definition) is 0. The van der Waals surface area contributed by atoms with E-state index in [0.717, 1.165) is 43.5 Å². The summed E-state index contributed by atoms with van der Waals surface area (Å²) >= 11 is 6.05. The van der Waals surface area contributed by atoms with Gasteiger partial charge in [-0.1, -0.05) is 17.7 Å². The fourth-order valence-electron chi connectivity index (χ4n) is 4.59. The highest BCUT2D eigenvalue weighted by atomic mass is 35.5. The molecule has 0 saturated heterocycles. The molecule has 4 aromatic rings. The predicted octanol–water partition coefficient (Wildman–Crippen LogP) is 6.14. The third kappa shape index (κ3) is 4.07. The molecule has 0 bridgehead atoms. The number of aromatic nitrogens is 5. The number of hydrogen-bond acceptors (Lipinski definition) is 4. The first-order valence-electron chi connectivity index (χ1n) is 11.1. The molecule has 1 atom stereocenters. The molecule has 9 heteroatoms. The van der Waals surface area contributed by atoms with Crippen LogP contribution in [0.25, 0.3) is 17.1 Å². The van der Waals surface area contributed by atoms with Crippen molar-refractivity contribution in [2.24, 2.45) is 0 Å². The first kappa shape index (κ1) is 22.5. The maximum atomic E-state index is 14.4. The van der Waals surface area contributed by atoms with Gasteiger partial charge in [-0.25, -0.2) is 23.7 Å². The van der Waals surface area contributed by atoms with Crippen LogP contribution in [0.4, 0.5) is 8.78 Å². The summed E-state index contributed by atoms with van der Waals surface area (Å²) < 4.78 is 38.3. The zero-order valence-electron chi connectivity index (χ0n) is 19.1. The average molecular weight is 484 g/mol. The van der Waals surface area contributed by atoms with E-state index in [1.807, 2.05) is 40.6 Å². The Morgan fingerprint density at radius 3 is 2.65 bits per heavy atom. The van der Waals surface area contributed by atoms with Crippen molar-refractivity contribution in [3.8, 4) is 23.0 Å². The van der Waals surface area contributed by atoms with E-state index in [-0.39, 0.29) is 11.5 Å². The average Bonchev–Trinajstić information content (AvgIpc) is 3.44. The summed E-state index contributed by atoms with van der Waals surface area (Å²) in [6.07, 6.45) is 7.13. The third-order valence-corrected chi connectivity index (χ3v) is 6.40. The molecule has 0 N–H and O–H groups in total. The van der Waals surface area contributed by atoms with Gasteiger partial charge in [-0.3, -0.25) is 0 Å². The van der Waals surface area contributed by atoms with Crippen LogP contribution in [0.15, 0.2) is 49.1 Å². The second-order valence-corrected chi connectivity index (χ2v) is 9.08. The lowest BCUT2D eigenvalue weighted by atomic mass is 9.86. The van der Waals surface area contributed by atoms with E-state index in [0.29, 0.717) is 27.9 Å². The van der Waals surface area contributed by atoms with Gasteiger partial charge in [0.25, 0.3) is 5.92 Å². The zero-order valence-corrected chi connectivity index (χ0v) is 19.9. The van der Waals surface area contributed by atoms with E-state index in [2.05, 4.69) is 9.97 Å². The van der Waals surface area contributed by atoms with E-state index in [1.165, 1.54) is 6.07 Å². The van der Waals surface area contributed by atoms with Crippen molar-refractivity contribution in [3.63, 3.8) is 0 Å². The molecule has 0 radical (unpaired) electrons. The third-order valence-electron chi connectivity index (χ3n) is 6.16. The Bertz CT molecular complexity index is 1360. The molecule has 5 rings (SSSR count). The van der Waals surface area contributed by atoms with Crippen molar-refractivity contribution in [2.75, 3.05) is 7.11 Å². The smallest absolute Gasteiger partial charge is 0.270 e. The van der Waals surface area contributed by atoms with Crippen LogP contribution in [0.3, 0.4) is 0 Å². The summed E-state index contributed by atoms with van der Waals surface area (Å²) in [4.78, 5) is 13.8. The van der Waals surface area contributed by atoms with E-state index in [9.17, 15) is 8.78 Å². The van der Waals surface area contributed by atoms with Gasteiger partial charge in [0.2, 0.25) is 5.88 Å². The maximum Gasteiger partial charge on any atom is 0.270 e. The first-order valence-corrected chi connectivity index (χ1v) is 11.4. The van der Waals surface area contributed by atoms with Gasteiger partial charge in [-0.05, 0) is 49.6 Å². The van der Waals surface area contributed by atoms with Crippen LogP contribution in [0.5, 0.6) is 5.88 Å². The molecule has 176 valence electrons. The lowest BCUT2D eigenvalue weighted by molar-refractivity contribution is 0.0162. The van der Waals surface area contributed by atoms with Crippen LogP contribution in [-0.4, -0.2) is 31.2 Å². The number of halogens is 3. The summed E-state index contributed by atoms with van der Waals surface area (Å²) in [5, 5.41) is 0.296. The number of nitrogens with zero attached hydrogens (tertiary/aromatic N) is 5. The van der Waals surface area contributed by atoms with Gasteiger partial charge in [0.05, 0.1) is 24.8 Å². The molecule has 1 aliphatic heterocycles. The van der Waals surface area contributed by atoms with Crippen molar-refractivity contribution in [2.45, 2.75) is 45.1 Å². The van der Waals surface area contributed by atoms with Crippen molar-refractivity contribution in [1.29, 1.82) is 0 Å². The molecule has 1 aromatic carbocycles. The Morgan fingerprint density at radius 2 is 1.94 bits per heavy atom. The maximum absolute atomic E-state index is 14.4. The second-order valence-electron chi connectivity index (χ2n) is 8.64. The molecule has 4 heterocycles. The lowest BCUT2D eigenvalue weighted by Gasteiger charge is -2.27. The van der Waals surface area contributed by atoms with Gasteiger partial charge in [0.1, 0.15) is 17.2 Å². The highest BCUT2D eigenvalue weighted by Crippen LogP contribution is 2.41. The van der Waals surface area contributed by atoms with Crippen LogP contribution in [0.2, 0.25) is 5.02 Å². The molecular formula is C25H24ClF2N5O. The fourth-order valence-corrected chi connectivity index (χ4v) is 4.76.